The molecule has 1 aliphatic rings. The summed E-state index contributed by atoms with van der Waals surface area (Å²) in [7, 11) is 1.71. The summed E-state index contributed by atoms with van der Waals surface area (Å²) in [6.07, 6.45) is 3.97. The molecule has 0 atom stereocenters. The minimum Gasteiger partial charge on any atom is -0.381 e. The highest BCUT2D eigenvalue weighted by Crippen LogP contribution is 2.26. The summed E-state index contributed by atoms with van der Waals surface area (Å²) in [5, 5.41) is 2.49. The number of hydrogen-bond acceptors (Lipinski definition) is 5. The van der Waals surface area contributed by atoms with Crippen LogP contribution in [0, 0.1) is 5.92 Å². The largest absolute Gasteiger partial charge is 0.381 e. The number of benzene rings is 1. The molecule has 4 rings (SSSR count). The van der Waals surface area contributed by atoms with Gasteiger partial charge in [-0.05, 0) is 49.3 Å². The van der Waals surface area contributed by atoms with Gasteiger partial charge in [0.2, 0.25) is 5.91 Å². The van der Waals surface area contributed by atoms with Gasteiger partial charge in [0.25, 0.3) is 5.56 Å². The van der Waals surface area contributed by atoms with Crippen molar-refractivity contribution in [1.82, 2.24) is 9.66 Å². The first-order chi connectivity index (χ1) is 13.7. The van der Waals surface area contributed by atoms with Crippen LogP contribution in [0.15, 0.2) is 46.6 Å². The van der Waals surface area contributed by atoms with E-state index in [0.29, 0.717) is 23.1 Å². The fourth-order valence-electron chi connectivity index (χ4n) is 3.74. The molecule has 0 saturated heterocycles. The summed E-state index contributed by atoms with van der Waals surface area (Å²) >= 11 is 1.61. The van der Waals surface area contributed by atoms with Crippen LogP contribution >= 0.6 is 11.3 Å². The minimum absolute atomic E-state index is 0.112. The molecular weight excluding hydrogens is 374 g/mol. The number of rotatable bonds is 5. The quantitative estimate of drug-likeness (QED) is 0.717. The Balaban J connectivity index is 1.65. The number of nitrogens with one attached hydrogen (secondary N) is 1. The van der Waals surface area contributed by atoms with Gasteiger partial charge in [-0.1, -0.05) is 18.2 Å². The Hall–Kier alpha value is -2.51. The van der Waals surface area contributed by atoms with Crippen LogP contribution in [0.5, 0.6) is 0 Å². The fraction of sp³-hybridized carbons (Fsp3) is 0.381. The molecule has 0 radical (unpaired) electrons. The van der Waals surface area contributed by atoms with Crippen LogP contribution < -0.4 is 11.0 Å². The second-order valence-corrected chi connectivity index (χ2v) is 8.16. The van der Waals surface area contributed by atoms with Crippen LogP contribution in [0.3, 0.4) is 0 Å². The molecule has 1 fully saturated rings. The average molecular weight is 398 g/mol. The second-order valence-electron chi connectivity index (χ2n) is 7.13. The van der Waals surface area contributed by atoms with E-state index in [4.69, 9.17) is 4.74 Å². The molecule has 6 nitrogen and oxygen atoms in total. The summed E-state index contributed by atoms with van der Waals surface area (Å²) in [6.45, 7) is 0. The highest BCUT2D eigenvalue weighted by atomic mass is 32.1. The molecule has 1 aromatic carbocycles. The molecule has 1 amide bonds. The third-order valence-electron chi connectivity index (χ3n) is 5.36. The molecule has 28 heavy (non-hydrogen) atoms. The van der Waals surface area contributed by atoms with Crippen molar-refractivity contribution in [2.45, 2.75) is 38.2 Å². The van der Waals surface area contributed by atoms with Crippen LogP contribution in [0.2, 0.25) is 0 Å². The highest BCUT2D eigenvalue weighted by molar-refractivity contribution is 7.09. The van der Waals surface area contributed by atoms with Gasteiger partial charge < -0.3 is 4.74 Å². The van der Waals surface area contributed by atoms with Crippen molar-refractivity contribution in [3.63, 3.8) is 0 Å². The van der Waals surface area contributed by atoms with Crippen molar-refractivity contribution in [3.05, 3.63) is 62.8 Å². The Morgan fingerprint density at radius 3 is 2.71 bits per heavy atom. The van der Waals surface area contributed by atoms with Gasteiger partial charge in [0.1, 0.15) is 5.82 Å². The van der Waals surface area contributed by atoms with Crippen LogP contribution in [0.25, 0.3) is 10.9 Å². The second kappa shape index (κ2) is 8.24. The molecule has 146 valence electrons. The summed E-state index contributed by atoms with van der Waals surface area (Å²) in [5.74, 6) is 0.311. The standard InChI is InChI=1S/C21H23N3O3S/c1-27-15-10-8-14(9-11-15)20(25)23-24-19(13-16-5-4-12-28-16)22-18-7-3-2-6-17(18)21(24)26/h2-7,12,14-15H,8-11,13H2,1H3,(H,23,25). The summed E-state index contributed by atoms with van der Waals surface area (Å²) in [6, 6.07) is 11.2. The molecule has 2 aromatic heterocycles. The zero-order valence-corrected chi connectivity index (χ0v) is 16.6. The number of methoxy groups -OCH3 is 1. The van der Waals surface area contributed by atoms with Crippen molar-refractivity contribution >= 4 is 28.1 Å². The van der Waals surface area contributed by atoms with Crippen molar-refractivity contribution in [2.24, 2.45) is 5.92 Å². The lowest BCUT2D eigenvalue weighted by Gasteiger charge is -2.27. The van der Waals surface area contributed by atoms with E-state index in [1.54, 1.807) is 24.5 Å². The summed E-state index contributed by atoms with van der Waals surface area (Å²) < 4.78 is 6.73. The maximum absolute atomic E-state index is 13.1. The van der Waals surface area contributed by atoms with Gasteiger partial charge in [0.15, 0.2) is 0 Å². The predicted molar refractivity (Wildman–Crippen MR) is 110 cm³/mol. The summed E-state index contributed by atoms with van der Waals surface area (Å²) in [4.78, 5) is 31.7. The maximum Gasteiger partial charge on any atom is 0.280 e. The molecule has 1 saturated carbocycles. The zero-order valence-electron chi connectivity index (χ0n) is 15.8. The lowest BCUT2D eigenvalue weighted by Crippen LogP contribution is -2.40. The van der Waals surface area contributed by atoms with Crippen molar-refractivity contribution in [1.29, 1.82) is 0 Å². The average Bonchev–Trinajstić information content (AvgIpc) is 3.24. The van der Waals surface area contributed by atoms with E-state index >= 15 is 0 Å². The van der Waals surface area contributed by atoms with Crippen molar-refractivity contribution < 1.29 is 9.53 Å². The van der Waals surface area contributed by atoms with E-state index in [0.717, 1.165) is 30.6 Å². The lowest BCUT2D eigenvalue weighted by molar-refractivity contribution is -0.122. The molecule has 0 aliphatic heterocycles. The number of fused-ring (bicyclic) bond motifs is 1. The van der Waals surface area contributed by atoms with Crippen molar-refractivity contribution in [3.8, 4) is 0 Å². The lowest BCUT2D eigenvalue weighted by atomic mass is 9.87. The Labute approximate surface area is 167 Å². The number of amides is 1. The van der Waals surface area contributed by atoms with Gasteiger partial charge >= 0.3 is 0 Å². The first kappa shape index (κ1) is 18.8. The zero-order chi connectivity index (χ0) is 19.5. The van der Waals surface area contributed by atoms with E-state index in [1.165, 1.54) is 4.68 Å². The molecule has 0 spiro atoms. The molecular formula is C21H23N3O3S. The third-order valence-corrected chi connectivity index (χ3v) is 6.23. The third kappa shape index (κ3) is 3.86. The van der Waals surface area contributed by atoms with Gasteiger partial charge in [-0.2, -0.15) is 0 Å². The van der Waals surface area contributed by atoms with E-state index < -0.39 is 0 Å². The number of hydrogen-bond donors (Lipinski definition) is 1. The molecule has 1 aliphatic carbocycles. The molecule has 7 heteroatoms. The van der Waals surface area contributed by atoms with Crippen LogP contribution in [-0.4, -0.2) is 28.8 Å². The van der Waals surface area contributed by atoms with Crippen molar-refractivity contribution in [2.75, 3.05) is 12.5 Å². The Kier molecular flexibility index (Phi) is 5.54. The number of nitrogens with zero attached hydrogens (tertiary/aromatic N) is 2. The first-order valence-corrected chi connectivity index (χ1v) is 10.4. The number of para-hydroxylation sites is 1. The predicted octanol–water partition coefficient (Wildman–Crippen LogP) is 3.32. The molecule has 2 heterocycles. The van der Waals surface area contributed by atoms with E-state index in [9.17, 15) is 9.59 Å². The normalized spacial score (nSPS) is 19.6. The Morgan fingerprint density at radius 1 is 1.21 bits per heavy atom. The Morgan fingerprint density at radius 2 is 2.00 bits per heavy atom. The van der Waals surface area contributed by atoms with Gasteiger partial charge in [0, 0.05) is 24.3 Å². The van der Waals surface area contributed by atoms with Crippen LogP contribution in [0.4, 0.5) is 0 Å². The highest BCUT2D eigenvalue weighted by Gasteiger charge is 2.27. The monoisotopic (exact) mass is 397 g/mol. The Bertz CT molecular complexity index is 1020. The van der Waals surface area contributed by atoms with E-state index in [1.807, 2.05) is 35.7 Å². The smallest absolute Gasteiger partial charge is 0.280 e. The van der Waals surface area contributed by atoms with E-state index in [-0.39, 0.29) is 23.5 Å². The first-order valence-electron chi connectivity index (χ1n) is 9.52. The minimum atomic E-state index is -0.240. The molecule has 3 aromatic rings. The number of thiophene rings is 1. The van der Waals surface area contributed by atoms with Gasteiger partial charge in [0.05, 0.1) is 17.0 Å². The topological polar surface area (TPSA) is 73.2 Å². The van der Waals surface area contributed by atoms with Crippen LogP contribution in [0.1, 0.15) is 36.4 Å². The number of carbonyl (C=O) groups is 1. The van der Waals surface area contributed by atoms with Gasteiger partial charge in [-0.3, -0.25) is 15.0 Å². The van der Waals surface area contributed by atoms with Crippen LogP contribution in [-0.2, 0) is 16.0 Å². The van der Waals surface area contributed by atoms with Gasteiger partial charge in [-0.25, -0.2) is 9.66 Å². The van der Waals surface area contributed by atoms with Gasteiger partial charge in [-0.15, -0.1) is 11.3 Å². The number of ether oxygens (including phenoxy) is 1. The number of carbonyl (C=O) groups excluding carboxylic acids is 1. The molecule has 1 N–H and O–H groups in total. The molecule has 0 unspecified atom stereocenters. The molecule has 0 bridgehead atoms. The van der Waals surface area contributed by atoms with E-state index in [2.05, 4.69) is 10.4 Å². The summed E-state index contributed by atoms with van der Waals surface area (Å²) in [5.41, 5.74) is 3.26. The fourth-order valence-corrected chi connectivity index (χ4v) is 4.45. The maximum atomic E-state index is 13.1. The number of aromatic nitrogens is 2. The SMILES string of the molecule is COC1CCC(C(=O)Nn2c(Cc3cccs3)nc3ccccc3c2=O)CC1.